The Bertz CT molecular complexity index is 758. The van der Waals surface area contributed by atoms with Crippen molar-refractivity contribution in [1.82, 2.24) is 0 Å². The number of nitro benzene ring substituents is 1. The monoisotopic (exact) mass is 338 g/mol. The maximum atomic E-state index is 12.7. The highest BCUT2D eigenvalue weighted by atomic mass is 19.4. The molecule has 0 aliphatic heterocycles. The fraction of sp³-hybridized carbons (Fsp3) is 0.188. The Kier molecular flexibility index (Phi) is 4.87. The van der Waals surface area contributed by atoms with E-state index in [4.69, 9.17) is 0 Å². The number of benzene rings is 2. The Morgan fingerprint density at radius 1 is 1.17 bits per heavy atom. The summed E-state index contributed by atoms with van der Waals surface area (Å²) in [4.78, 5) is 22.2. The number of non-ortho nitro benzene ring substituents is 1. The molecule has 0 radical (unpaired) electrons. The van der Waals surface area contributed by atoms with Crippen LogP contribution in [0.15, 0.2) is 48.5 Å². The van der Waals surface area contributed by atoms with Gasteiger partial charge in [-0.25, -0.2) is 0 Å². The van der Waals surface area contributed by atoms with Gasteiger partial charge >= 0.3 is 6.18 Å². The average Bonchev–Trinajstić information content (AvgIpc) is 2.53. The molecule has 0 spiro atoms. The standard InChI is InChI=1S/C16H13F3N2O3/c1-10(11-5-7-14(8-6-11)21(23)24)15(22)20-13-4-2-3-12(9-13)16(17,18)19/h2-10H,1H3,(H,20,22)/t10-/m1/s1. The zero-order valence-electron chi connectivity index (χ0n) is 12.5. The summed E-state index contributed by atoms with van der Waals surface area (Å²) in [6.07, 6.45) is -4.50. The molecular formula is C16H13F3N2O3. The van der Waals surface area contributed by atoms with Crippen LogP contribution in [0, 0.1) is 10.1 Å². The minimum Gasteiger partial charge on any atom is -0.326 e. The number of rotatable bonds is 4. The minimum absolute atomic E-state index is 0.0311. The Labute approximate surface area is 135 Å². The van der Waals surface area contributed by atoms with E-state index in [1.165, 1.54) is 36.4 Å². The van der Waals surface area contributed by atoms with E-state index >= 15 is 0 Å². The molecule has 1 N–H and O–H groups in total. The van der Waals surface area contributed by atoms with Crippen LogP contribution in [0.1, 0.15) is 24.0 Å². The van der Waals surface area contributed by atoms with Crippen LogP contribution in [0.25, 0.3) is 0 Å². The van der Waals surface area contributed by atoms with Crippen molar-refractivity contribution in [3.05, 3.63) is 69.8 Å². The first-order chi connectivity index (χ1) is 11.2. The molecule has 0 aliphatic carbocycles. The molecule has 0 bridgehead atoms. The van der Waals surface area contributed by atoms with Crippen LogP contribution in [0.3, 0.4) is 0 Å². The molecular weight excluding hydrogens is 325 g/mol. The molecule has 0 saturated heterocycles. The molecule has 1 amide bonds. The van der Waals surface area contributed by atoms with Gasteiger partial charge in [0.25, 0.3) is 5.69 Å². The molecule has 1 atom stereocenters. The lowest BCUT2D eigenvalue weighted by molar-refractivity contribution is -0.384. The number of halogens is 3. The molecule has 5 nitrogen and oxygen atoms in total. The lowest BCUT2D eigenvalue weighted by Gasteiger charge is -2.14. The number of alkyl halides is 3. The zero-order valence-corrected chi connectivity index (χ0v) is 12.5. The van der Waals surface area contributed by atoms with E-state index in [9.17, 15) is 28.1 Å². The highest BCUT2D eigenvalue weighted by molar-refractivity contribution is 5.95. The quantitative estimate of drug-likeness (QED) is 0.665. The van der Waals surface area contributed by atoms with E-state index in [-0.39, 0.29) is 11.4 Å². The van der Waals surface area contributed by atoms with E-state index in [0.717, 1.165) is 12.1 Å². The average molecular weight is 338 g/mol. The second-order valence-corrected chi connectivity index (χ2v) is 5.14. The van der Waals surface area contributed by atoms with Gasteiger partial charge in [0.2, 0.25) is 5.91 Å². The Morgan fingerprint density at radius 3 is 2.33 bits per heavy atom. The number of amides is 1. The molecule has 0 saturated carbocycles. The Hall–Kier alpha value is -2.90. The molecule has 2 rings (SSSR count). The van der Waals surface area contributed by atoms with Crippen molar-refractivity contribution in [1.29, 1.82) is 0 Å². The van der Waals surface area contributed by atoms with Gasteiger partial charge in [-0.2, -0.15) is 13.2 Å². The number of anilines is 1. The fourth-order valence-corrected chi connectivity index (χ4v) is 2.06. The van der Waals surface area contributed by atoms with Crippen molar-refractivity contribution in [3.8, 4) is 0 Å². The number of nitrogens with zero attached hydrogens (tertiary/aromatic N) is 1. The first-order valence-corrected chi connectivity index (χ1v) is 6.91. The van der Waals surface area contributed by atoms with Crippen molar-refractivity contribution in [2.75, 3.05) is 5.32 Å². The number of nitro groups is 1. The third kappa shape index (κ3) is 4.09. The van der Waals surface area contributed by atoms with E-state index < -0.39 is 28.5 Å². The van der Waals surface area contributed by atoms with Crippen molar-refractivity contribution >= 4 is 17.3 Å². The smallest absolute Gasteiger partial charge is 0.326 e. The van der Waals surface area contributed by atoms with Crippen LogP contribution in [0.2, 0.25) is 0 Å². The summed E-state index contributed by atoms with van der Waals surface area (Å²) in [6, 6.07) is 9.73. The van der Waals surface area contributed by atoms with E-state index in [2.05, 4.69) is 5.32 Å². The molecule has 0 aromatic heterocycles. The molecule has 0 fully saturated rings. The zero-order chi connectivity index (χ0) is 17.9. The van der Waals surface area contributed by atoms with Crippen LogP contribution in [-0.2, 0) is 11.0 Å². The van der Waals surface area contributed by atoms with Gasteiger partial charge in [-0.3, -0.25) is 14.9 Å². The number of carbonyl (C=O) groups is 1. The summed E-state index contributed by atoms with van der Waals surface area (Å²) in [7, 11) is 0. The molecule has 2 aromatic rings. The molecule has 24 heavy (non-hydrogen) atoms. The van der Waals surface area contributed by atoms with Crippen LogP contribution >= 0.6 is 0 Å². The van der Waals surface area contributed by atoms with Gasteiger partial charge < -0.3 is 5.32 Å². The first-order valence-electron chi connectivity index (χ1n) is 6.91. The van der Waals surface area contributed by atoms with Gasteiger partial charge in [-0.05, 0) is 30.7 Å². The van der Waals surface area contributed by atoms with Gasteiger partial charge in [0.15, 0.2) is 0 Å². The second kappa shape index (κ2) is 6.69. The summed E-state index contributed by atoms with van der Waals surface area (Å²) in [5.41, 5.74) is -0.416. The molecule has 0 aliphatic rings. The highest BCUT2D eigenvalue weighted by Gasteiger charge is 2.30. The van der Waals surface area contributed by atoms with E-state index in [1.807, 2.05) is 0 Å². The highest BCUT2D eigenvalue weighted by Crippen LogP contribution is 2.31. The maximum absolute atomic E-state index is 12.7. The van der Waals surface area contributed by atoms with Gasteiger partial charge in [-0.1, -0.05) is 18.2 Å². The molecule has 0 unspecified atom stereocenters. The van der Waals surface area contributed by atoms with Crippen molar-refractivity contribution < 1.29 is 22.9 Å². The summed E-state index contributed by atoms with van der Waals surface area (Å²) >= 11 is 0. The Morgan fingerprint density at radius 2 is 1.79 bits per heavy atom. The molecule has 2 aromatic carbocycles. The third-order valence-corrected chi connectivity index (χ3v) is 3.45. The SMILES string of the molecule is C[C@@H](C(=O)Nc1cccc(C(F)(F)F)c1)c1ccc([N+](=O)[O-])cc1. The van der Waals surface area contributed by atoms with Gasteiger partial charge in [-0.15, -0.1) is 0 Å². The lowest BCUT2D eigenvalue weighted by atomic mass is 10.00. The van der Waals surface area contributed by atoms with Crippen LogP contribution in [0.5, 0.6) is 0 Å². The molecule has 0 heterocycles. The topological polar surface area (TPSA) is 72.2 Å². The summed E-state index contributed by atoms with van der Waals surface area (Å²) in [5.74, 6) is -1.19. The van der Waals surface area contributed by atoms with Crippen molar-refractivity contribution in [2.45, 2.75) is 19.0 Å². The number of carbonyl (C=O) groups excluding carboxylic acids is 1. The van der Waals surface area contributed by atoms with E-state index in [1.54, 1.807) is 6.92 Å². The van der Waals surface area contributed by atoms with Crippen LogP contribution < -0.4 is 5.32 Å². The van der Waals surface area contributed by atoms with E-state index in [0.29, 0.717) is 5.56 Å². The second-order valence-electron chi connectivity index (χ2n) is 5.14. The minimum atomic E-state index is -4.50. The predicted molar refractivity (Wildman–Crippen MR) is 81.6 cm³/mol. The van der Waals surface area contributed by atoms with Crippen LogP contribution in [0.4, 0.5) is 24.5 Å². The summed E-state index contributed by atoms with van der Waals surface area (Å²) in [5, 5.41) is 13.0. The number of hydrogen-bond acceptors (Lipinski definition) is 3. The summed E-state index contributed by atoms with van der Waals surface area (Å²) < 4.78 is 38.0. The first kappa shape index (κ1) is 17.5. The summed E-state index contributed by atoms with van der Waals surface area (Å²) in [6.45, 7) is 1.56. The predicted octanol–water partition coefficient (Wildman–Crippen LogP) is 4.36. The number of nitrogens with one attached hydrogen (secondary N) is 1. The normalized spacial score (nSPS) is 12.5. The van der Waals surface area contributed by atoms with Gasteiger partial charge in [0.05, 0.1) is 16.4 Å². The van der Waals surface area contributed by atoms with Gasteiger partial charge in [0.1, 0.15) is 0 Å². The van der Waals surface area contributed by atoms with Gasteiger partial charge in [0, 0.05) is 17.8 Å². The molecule has 8 heteroatoms. The maximum Gasteiger partial charge on any atom is 0.416 e. The number of hydrogen-bond donors (Lipinski definition) is 1. The lowest BCUT2D eigenvalue weighted by Crippen LogP contribution is -2.19. The largest absolute Gasteiger partial charge is 0.416 e. The molecule has 126 valence electrons. The Balaban J connectivity index is 2.13. The fourth-order valence-electron chi connectivity index (χ4n) is 2.06. The van der Waals surface area contributed by atoms with Crippen molar-refractivity contribution in [2.24, 2.45) is 0 Å². The third-order valence-electron chi connectivity index (χ3n) is 3.45. The van der Waals surface area contributed by atoms with Crippen LogP contribution in [-0.4, -0.2) is 10.8 Å². The van der Waals surface area contributed by atoms with Crippen molar-refractivity contribution in [3.63, 3.8) is 0 Å².